The monoisotopic (exact) mass is 349 g/mol. The van der Waals surface area contributed by atoms with Crippen molar-refractivity contribution in [3.63, 3.8) is 0 Å². The highest BCUT2D eigenvalue weighted by Gasteiger charge is 2.18. The average Bonchev–Trinajstić information content (AvgIpc) is 2.69. The quantitative estimate of drug-likeness (QED) is 0.621. The molecule has 1 fully saturated rings. The Kier molecular flexibility index (Phi) is 4.58. The molecule has 4 heteroatoms. The third-order valence-electron chi connectivity index (χ3n) is 5.11. The molecule has 0 unspecified atom stereocenters. The zero-order valence-electron chi connectivity index (χ0n) is 15.4. The van der Waals surface area contributed by atoms with Gasteiger partial charge in [-0.3, -0.25) is 0 Å². The van der Waals surface area contributed by atoms with Gasteiger partial charge in [-0.15, -0.1) is 0 Å². The maximum absolute atomic E-state index is 14.2. The largest absolute Gasteiger partial charge is 0.341 e. The molecule has 4 rings (SSSR count). The molecule has 134 valence electrons. The van der Waals surface area contributed by atoms with E-state index in [-0.39, 0.29) is 5.82 Å². The van der Waals surface area contributed by atoms with Crippen LogP contribution in [0.15, 0.2) is 42.5 Å². The van der Waals surface area contributed by atoms with Crippen LogP contribution >= 0.6 is 0 Å². The van der Waals surface area contributed by atoms with E-state index in [2.05, 4.69) is 24.8 Å². The number of piperidine rings is 1. The summed E-state index contributed by atoms with van der Waals surface area (Å²) < 4.78 is 14.2. The van der Waals surface area contributed by atoms with Crippen molar-refractivity contribution < 1.29 is 4.39 Å². The Balaban J connectivity index is 1.88. The van der Waals surface area contributed by atoms with E-state index in [0.29, 0.717) is 11.3 Å². The predicted molar refractivity (Wildman–Crippen MR) is 105 cm³/mol. The highest BCUT2D eigenvalue weighted by atomic mass is 19.1. The lowest BCUT2D eigenvalue weighted by Gasteiger charge is -2.27. The van der Waals surface area contributed by atoms with E-state index in [1.165, 1.54) is 25.3 Å². The molecule has 0 spiro atoms. The molecule has 3 nitrogen and oxygen atoms in total. The molecule has 26 heavy (non-hydrogen) atoms. The van der Waals surface area contributed by atoms with Gasteiger partial charge in [0.05, 0.1) is 5.69 Å². The Hall–Kier alpha value is -2.49. The molecule has 1 aliphatic rings. The lowest BCUT2D eigenvalue weighted by molar-refractivity contribution is 0.566. The van der Waals surface area contributed by atoms with Gasteiger partial charge in [-0.1, -0.05) is 38.1 Å². The molecule has 1 aromatic heterocycles. The Morgan fingerprint density at radius 1 is 0.923 bits per heavy atom. The minimum Gasteiger partial charge on any atom is -0.341 e. The van der Waals surface area contributed by atoms with Gasteiger partial charge >= 0.3 is 0 Å². The Morgan fingerprint density at radius 2 is 1.65 bits per heavy atom. The fourth-order valence-electron chi connectivity index (χ4n) is 3.61. The fraction of sp³-hybridized carbons (Fsp3) is 0.364. The molecule has 0 N–H and O–H groups in total. The summed E-state index contributed by atoms with van der Waals surface area (Å²) in [5.41, 5.74) is 2.87. The Labute approximate surface area is 153 Å². The zero-order chi connectivity index (χ0) is 18.1. The summed E-state index contributed by atoms with van der Waals surface area (Å²) in [6.07, 6.45) is 3.64. The van der Waals surface area contributed by atoms with E-state index in [1.807, 2.05) is 30.3 Å². The number of aromatic nitrogens is 2. The summed E-state index contributed by atoms with van der Waals surface area (Å²) in [6.45, 7) is 6.31. The maximum atomic E-state index is 14.2. The van der Waals surface area contributed by atoms with Crippen LogP contribution in [-0.2, 0) is 0 Å². The highest BCUT2D eigenvalue weighted by Crippen LogP contribution is 2.32. The average molecular weight is 349 g/mol. The minimum atomic E-state index is -0.196. The molecule has 0 radical (unpaired) electrons. The van der Waals surface area contributed by atoms with Crippen LogP contribution in [-0.4, -0.2) is 23.1 Å². The first-order valence-electron chi connectivity index (χ1n) is 9.45. The summed E-state index contributed by atoms with van der Waals surface area (Å²) in [7, 11) is 0. The molecule has 0 atom stereocenters. The van der Waals surface area contributed by atoms with Gasteiger partial charge in [-0.05, 0) is 48.8 Å². The SMILES string of the molecule is CC(C)c1cc(-c2ccc(F)c3ccccc23)nc(N2CCCCC2)n1. The van der Waals surface area contributed by atoms with Gasteiger partial charge in [0.1, 0.15) is 5.82 Å². The number of anilines is 1. The van der Waals surface area contributed by atoms with E-state index in [1.54, 1.807) is 0 Å². The first-order valence-corrected chi connectivity index (χ1v) is 9.45. The second-order valence-electron chi connectivity index (χ2n) is 7.32. The first-order chi connectivity index (χ1) is 12.6. The third kappa shape index (κ3) is 3.16. The molecule has 2 aromatic carbocycles. The van der Waals surface area contributed by atoms with Gasteiger partial charge < -0.3 is 4.90 Å². The Morgan fingerprint density at radius 3 is 2.38 bits per heavy atom. The molecule has 0 bridgehead atoms. The topological polar surface area (TPSA) is 29.0 Å². The van der Waals surface area contributed by atoms with E-state index >= 15 is 0 Å². The van der Waals surface area contributed by atoms with Crippen LogP contribution in [0.25, 0.3) is 22.0 Å². The summed E-state index contributed by atoms with van der Waals surface area (Å²) in [6, 6.07) is 13.0. The summed E-state index contributed by atoms with van der Waals surface area (Å²) in [5.74, 6) is 0.921. The normalized spacial score (nSPS) is 15.0. The Bertz CT molecular complexity index is 930. The van der Waals surface area contributed by atoms with Crippen LogP contribution in [0.5, 0.6) is 0 Å². The zero-order valence-corrected chi connectivity index (χ0v) is 15.4. The van der Waals surface area contributed by atoms with Crippen LogP contribution in [0, 0.1) is 5.82 Å². The summed E-state index contributed by atoms with van der Waals surface area (Å²) in [4.78, 5) is 12.0. The maximum Gasteiger partial charge on any atom is 0.226 e. The molecular weight excluding hydrogens is 325 g/mol. The molecule has 1 saturated heterocycles. The van der Waals surface area contributed by atoms with Crippen molar-refractivity contribution in [2.45, 2.75) is 39.0 Å². The smallest absolute Gasteiger partial charge is 0.226 e. The predicted octanol–water partition coefficient (Wildman–Crippen LogP) is 5.55. The molecule has 3 aromatic rings. The van der Waals surface area contributed by atoms with Gasteiger partial charge in [-0.25, -0.2) is 14.4 Å². The lowest BCUT2D eigenvalue weighted by Crippen LogP contribution is -2.31. The van der Waals surface area contributed by atoms with Crippen LogP contribution < -0.4 is 4.90 Å². The van der Waals surface area contributed by atoms with Crippen molar-refractivity contribution in [3.05, 3.63) is 54.0 Å². The summed E-state index contributed by atoms with van der Waals surface area (Å²) in [5, 5.41) is 1.53. The van der Waals surface area contributed by atoms with E-state index < -0.39 is 0 Å². The molecule has 2 heterocycles. The van der Waals surface area contributed by atoms with E-state index in [0.717, 1.165) is 41.4 Å². The number of hydrogen-bond donors (Lipinski definition) is 0. The number of nitrogens with zero attached hydrogens (tertiary/aromatic N) is 3. The molecule has 0 aliphatic carbocycles. The standard InChI is InChI=1S/C22H24FN3/c1-15(2)20-14-21(25-22(24-20)26-12-6-3-7-13-26)18-10-11-19(23)17-9-5-4-8-16(17)18/h4-5,8-11,14-15H,3,6-7,12-13H2,1-2H3. The van der Waals surface area contributed by atoms with Crippen LogP contribution in [0.3, 0.4) is 0 Å². The number of halogens is 1. The van der Waals surface area contributed by atoms with Gasteiger partial charge in [0.25, 0.3) is 0 Å². The van der Waals surface area contributed by atoms with Crippen molar-refractivity contribution >= 4 is 16.7 Å². The van der Waals surface area contributed by atoms with Crippen LogP contribution in [0.1, 0.15) is 44.7 Å². The van der Waals surface area contributed by atoms with Crippen LogP contribution in [0.4, 0.5) is 10.3 Å². The van der Waals surface area contributed by atoms with Crippen molar-refractivity contribution in [1.82, 2.24) is 9.97 Å². The van der Waals surface area contributed by atoms with Crippen molar-refractivity contribution in [2.24, 2.45) is 0 Å². The summed E-state index contributed by atoms with van der Waals surface area (Å²) >= 11 is 0. The van der Waals surface area contributed by atoms with Crippen molar-refractivity contribution in [3.8, 4) is 11.3 Å². The first kappa shape index (κ1) is 17.0. The second-order valence-corrected chi connectivity index (χ2v) is 7.32. The van der Waals surface area contributed by atoms with Gasteiger partial charge in [-0.2, -0.15) is 0 Å². The number of fused-ring (bicyclic) bond motifs is 1. The number of benzene rings is 2. The molecule has 0 amide bonds. The van der Waals surface area contributed by atoms with Crippen LogP contribution in [0.2, 0.25) is 0 Å². The third-order valence-corrected chi connectivity index (χ3v) is 5.11. The second kappa shape index (κ2) is 7.02. The lowest BCUT2D eigenvalue weighted by atomic mass is 10.00. The number of hydrogen-bond acceptors (Lipinski definition) is 3. The van der Waals surface area contributed by atoms with Gasteiger partial charge in [0, 0.05) is 29.7 Å². The van der Waals surface area contributed by atoms with E-state index in [4.69, 9.17) is 9.97 Å². The molecule has 0 saturated carbocycles. The van der Waals surface area contributed by atoms with Gasteiger partial charge in [0.15, 0.2) is 0 Å². The van der Waals surface area contributed by atoms with E-state index in [9.17, 15) is 4.39 Å². The molecular formula is C22H24FN3. The number of rotatable bonds is 3. The van der Waals surface area contributed by atoms with Gasteiger partial charge in [0.2, 0.25) is 5.95 Å². The minimum absolute atomic E-state index is 0.196. The van der Waals surface area contributed by atoms with Crippen molar-refractivity contribution in [2.75, 3.05) is 18.0 Å². The highest BCUT2D eigenvalue weighted by molar-refractivity contribution is 5.96. The molecule has 1 aliphatic heterocycles. The fourth-order valence-corrected chi connectivity index (χ4v) is 3.61. The van der Waals surface area contributed by atoms with Crippen molar-refractivity contribution in [1.29, 1.82) is 0 Å².